The molecule has 1 heteroatoms. The predicted octanol–water partition coefficient (Wildman–Crippen LogP) is 4.94. The molecule has 0 aromatic heterocycles. The minimum absolute atomic E-state index is 0.543. The fourth-order valence-electron chi connectivity index (χ4n) is 2.09. The Morgan fingerprint density at radius 1 is 0.947 bits per heavy atom. The normalized spacial score (nSPS) is 11.1. The first-order valence-electron chi connectivity index (χ1n) is 6.82. The Balaban J connectivity index is 1.95. The quantitative estimate of drug-likeness (QED) is 0.794. The molecule has 0 heterocycles. The van der Waals surface area contributed by atoms with E-state index >= 15 is 0 Å². The van der Waals surface area contributed by atoms with E-state index in [1.807, 2.05) is 6.07 Å². The zero-order valence-electron chi connectivity index (χ0n) is 11.6. The Labute approximate surface area is 116 Å². The van der Waals surface area contributed by atoms with Crippen molar-refractivity contribution in [1.82, 2.24) is 0 Å². The SMILES string of the molecule is CC(C)c1ccccc1NCC=Cc1ccccc1. The average molecular weight is 251 g/mol. The van der Waals surface area contributed by atoms with Gasteiger partial charge in [0, 0.05) is 12.2 Å². The molecule has 1 N–H and O–H groups in total. The molecule has 0 fully saturated rings. The Bertz CT molecular complexity index is 526. The summed E-state index contributed by atoms with van der Waals surface area (Å²) in [6, 6.07) is 18.9. The second kappa shape index (κ2) is 6.79. The van der Waals surface area contributed by atoms with E-state index < -0.39 is 0 Å². The van der Waals surface area contributed by atoms with Crippen LogP contribution in [0.1, 0.15) is 30.9 Å². The third kappa shape index (κ3) is 3.99. The third-order valence-corrected chi connectivity index (χ3v) is 3.10. The Kier molecular flexibility index (Phi) is 4.79. The molecule has 0 atom stereocenters. The molecule has 2 aromatic carbocycles. The van der Waals surface area contributed by atoms with E-state index in [0.717, 1.165) is 6.54 Å². The molecule has 0 radical (unpaired) electrons. The number of para-hydroxylation sites is 1. The van der Waals surface area contributed by atoms with E-state index in [9.17, 15) is 0 Å². The van der Waals surface area contributed by atoms with Crippen molar-refractivity contribution in [2.24, 2.45) is 0 Å². The van der Waals surface area contributed by atoms with Gasteiger partial charge in [-0.05, 0) is 23.1 Å². The van der Waals surface area contributed by atoms with Crippen molar-refractivity contribution in [2.45, 2.75) is 19.8 Å². The maximum absolute atomic E-state index is 3.48. The highest BCUT2D eigenvalue weighted by Gasteiger charge is 2.03. The highest BCUT2D eigenvalue weighted by Crippen LogP contribution is 2.23. The maximum atomic E-state index is 3.48. The summed E-state index contributed by atoms with van der Waals surface area (Å²) >= 11 is 0. The topological polar surface area (TPSA) is 12.0 Å². The lowest BCUT2D eigenvalue weighted by atomic mass is 10.0. The lowest BCUT2D eigenvalue weighted by Gasteiger charge is -2.13. The van der Waals surface area contributed by atoms with Crippen molar-refractivity contribution in [3.8, 4) is 0 Å². The van der Waals surface area contributed by atoms with Gasteiger partial charge in [-0.15, -0.1) is 0 Å². The van der Waals surface area contributed by atoms with Crippen molar-refractivity contribution in [1.29, 1.82) is 0 Å². The molecule has 0 aliphatic heterocycles. The van der Waals surface area contributed by atoms with Crippen LogP contribution in [-0.4, -0.2) is 6.54 Å². The molecule has 0 saturated carbocycles. The van der Waals surface area contributed by atoms with Crippen LogP contribution in [0.5, 0.6) is 0 Å². The highest BCUT2D eigenvalue weighted by molar-refractivity contribution is 5.54. The van der Waals surface area contributed by atoms with E-state index in [4.69, 9.17) is 0 Å². The van der Waals surface area contributed by atoms with E-state index in [-0.39, 0.29) is 0 Å². The van der Waals surface area contributed by atoms with Crippen molar-refractivity contribution in [2.75, 3.05) is 11.9 Å². The fourth-order valence-corrected chi connectivity index (χ4v) is 2.09. The Morgan fingerprint density at radius 3 is 2.37 bits per heavy atom. The number of hydrogen-bond donors (Lipinski definition) is 1. The summed E-state index contributed by atoms with van der Waals surface area (Å²) in [4.78, 5) is 0. The smallest absolute Gasteiger partial charge is 0.0377 e. The van der Waals surface area contributed by atoms with Gasteiger partial charge in [0.05, 0.1) is 0 Å². The average Bonchev–Trinajstić information content (AvgIpc) is 2.45. The summed E-state index contributed by atoms with van der Waals surface area (Å²) in [7, 11) is 0. The first-order valence-corrected chi connectivity index (χ1v) is 6.82. The van der Waals surface area contributed by atoms with Crippen LogP contribution in [0.3, 0.4) is 0 Å². The number of anilines is 1. The van der Waals surface area contributed by atoms with Crippen LogP contribution < -0.4 is 5.32 Å². The highest BCUT2D eigenvalue weighted by atomic mass is 14.9. The summed E-state index contributed by atoms with van der Waals surface area (Å²) in [6.07, 6.45) is 4.30. The van der Waals surface area contributed by atoms with Crippen LogP contribution in [0, 0.1) is 0 Å². The van der Waals surface area contributed by atoms with Crippen LogP contribution in [0.25, 0.3) is 6.08 Å². The number of rotatable bonds is 5. The van der Waals surface area contributed by atoms with E-state index in [0.29, 0.717) is 5.92 Å². The van der Waals surface area contributed by atoms with Crippen molar-refractivity contribution in [3.05, 3.63) is 71.8 Å². The molecule has 0 spiro atoms. The second-order valence-corrected chi connectivity index (χ2v) is 4.94. The van der Waals surface area contributed by atoms with Crippen LogP contribution in [0.4, 0.5) is 5.69 Å². The minimum Gasteiger partial charge on any atom is -0.381 e. The largest absolute Gasteiger partial charge is 0.381 e. The standard InChI is InChI=1S/C18H21N/c1-15(2)17-12-6-7-13-18(17)19-14-8-11-16-9-4-3-5-10-16/h3-13,15,19H,14H2,1-2H3. The number of hydrogen-bond acceptors (Lipinski definition) is 1. The molecule has 0 amide bonds. The predicted molar refractivity (Wildman–Crippen MR) is 84.5 cm³/mol. The lowest BCUT2D eigenvalue weighted by molar-refractivity contribution is 0.867. The third-order valence-electron chi connectivity index (χ3n) is 3.10. The molecule has 0 unspecified atom stereocenters. The molecular weight excluding hydrogens is 230 g/mol. The van der Waals surface area contributed by atoms with E-state index in [2.05, 4.69) is 79.8 Å². The van der Waals surface area contributed by atoms with Gasteiger partial charge in [-0.3, -0.25) is 0 Å². The summed E-state index contributed by atoms with van der Waals surface area (Å²) in [5, 5.41) is 3.48. The first kappa shape index (κ1) is 13.4. The molecule has 0 saturated heterocycles. The summed E-state index contributed by atoms with van der Waals surface area (Å²) in [5.41, 5.74) is 3.84. The van der Waals surface area contributed by atoms with Gasteiger partial charge < -0.3 is 5.32 Å². The summed E-state index contributed by atoms with van der Waals surface area (Å²) in [5.74, 6) is 0.543. The monoisotopic (exact) mass is 251 g/mol. The van der Waals surface area contributed by atoms with E-state index in [1.54, 1.807) is 0 Å². The molecular formula is C18H21N. The molecule has 1 nitrogen and oxygen atoms in total. The molecule has 98 valence electrons. The van der Waals surface area contributed by atoms with Crippen molar-refractivity contribution in [3.63, 3.8) is 0 Å². The minimum atomic E-state index is 0.543. The van der Waals surface area contributed by atoms with Gasteiger partial charge in [-0.2, -0.15) is 0 Å². The first-order chi connectivity index (χ1) is 9.27. The molecule has 19 heavy (non-hydrogen) atoms. The van der Waals surface area contributed by atoms with Crippen molar-refractivity contribution < 1.29 is 0 Å². The zero-order chi connectivity index (χ0) is 13.5. The molecule has 2 rings (SSSR count). The van der Waals surface area contributed by atoms with Gasteiger partial charge in [0.25, 0.3) is 0 Å². The molecule has 0 aliphatic rings. The van der Waals surface area contributed by atoms with Gasteiger partial charge in [-0.1, -0.05) is 74.5 Å². The fraction of sp³-hybridized carbons (Fsp3) is 0.222. The Morgan fingerprint density at radius 2 is 1.63 bits per heavy atom. The van der Waals surface area contributed by atoms with Crippen molar-refractivity contribution >= 4 is 11.8 Å². The summed E-state index contributed by atoms with van der Waals surface area (Å²) < 4.78 is 0. The number of benzene rings is 2. The number of nitrogens with one attached hydrogen (secondary N) is 1. The summed E-state index contributed by atoms with van der Waals surface area (Å²) in [6.45, 7) is 5.29. The van der Waals surface area contributed by atoms with Crippen LogP contribution >= 0.6 is 0 Å². The van der Waals surface area contributed by atoms with Crippen LogP contribution in [0.2, 0.25) is 0 Å². The molecule has 2 aromatic rings. The molecule has 0 bridgehead atoms. The van der Waals surface area contributed by atoms with Gasteiger partial charge in [0.15, 0.2) is 0 Å². The van der Waals surface area contributed by atoms with Gasteiger partial charge >= 0.3 is 0 Å². The Hall–Kier alpha value is -2.02. The van der Waals surface area contributed by atoms with Gasteiger partial charge in [0.2, 0.25) is 0 Å². The van der Waals surface area contributed by atoms with Crippen LogP contribution in [-0.2, 0) is 0 Å². The lowest BCUT2D eigenvalue weighted by Crippen LogP contribution is -2.02. The maximum Gasteiger partial charge on any atom is 0.0377 e. The second-order valence-electron chi connectivity index (χ2n) is 4.94. The van der Waals surface area contributed by atoms with Crippen LogP contribution in [0.15, 0.2) is 60.7 Å². The molecule has 0 aliphatic carbocycles. The van der Waals surface area contributed by atoms with Gasteiger partial charge in [-0.25, -0.2) is 0 Å². The zero-order valence-corrected chi connectivity index (χ0v) is 11.6. The van der Waals surface area contributed by atoms with Gasteiger partial charge in [0.1, 0.15) is 0 Å². The van der Waals surface area contributed by atoms with E-state index in [1.165, 1.54) is 16.8 Å².